The third-order valence-electron chi connectivity index (χ3n) is 5.90. The molecule has 0 bridgehead atoms. The fourth-order valence-electron chi connectivity index (χ4n) is 4.22. The third kappa shape index (κ3) is 5.75. The van der Waals surface area contributed by atoms with Crippen LogP contribution in [0.15, 0.2) is 73.0 Å². The summed E-state index contributed by atoms with van der Waals surface area (Å²) in [5.74, 6) is 1.11. The number of nitrogens with zero attached hydrogens (tertiary/aromatic N) is 2. The zero-order chi connectivity index (χ0) is 28.3. The van der Waals surface area contributed by atoms with E-state index in [1.165, 1.54) is 23.0 Å². The molecule has 4 rings (SSSR count). The number of rotatable bonds is 9. The maximum Gasteiger partial charge on any atom is 0.338 e. The summed E-state index contributed by atoms with van der Waals surface area (Å²) in [5, 5.41) is 0. The molecule has 1 aliphatic rings. The summed E-state index contributed by atoms with van der Waals surface area (Å²) in [6, 6.07) is 8.26. The lowest BCUT2D eigenvalue weighted by Gasteiger charge is -2.25. The number of allylic oxidation sites excluding steroid dienone is 1. The number of hydrogen-bond acceptors (Lipinski definition) is 8. The predicted octanol–water partition coefficient (Wildman–Crippen LogP) is 4.91. The van der Waals surface area contributed by atoms with E-state index in [9.17, 15) is 9.59 Å². The summed E-state index contributed by atoms with van der Waals surface area (Å²) in [6.07, 6.45) is 3.45. The van der Waals surface area contributed by atoms with Crippen molar-refractivity contribution in [1.29, 1.82) is 0 Å². The van der Waals surface area contributed by atoms with E-state index in [-0.39, 0.29) is 17.7 Å². The smallest absolute Gasteiger partial charge is 0.338 e. The lowest BCUT2D eigenvalue weighted by molar-refractivity contribution is -0.139. The number of carbonyl (C=O) groups is 1. The first-order valence-corrected chi connectivity index (χ1v) is 14.3. The number of ether oxygens (including phenoxy) is 4. The van der Waals surface area contributed by atoms with Crippen molar-refractivity contribution in [3.8, 4) is 17.2 Å². The van der Waals surface area contributed by atoms with E-state index in [1.807, 2.05) is 12.1 Å². The van der Waals surface area contributed by atoms with Crippen LogP contribution in [-0.2, 0) is 9.53 Å². The molecule has 0 saturated carbocycles. The normalized spacial score (nSPS) is 14.9. The molecular formula is C28H26Br2N2O6S. The predicted molar refractivity (Wildman–Crippen MR) is 157 cm³/mol. The van der Waals surface area contributed by atoms with Crippen molar-refractivity contribution in [2.24, 2.45) is 4.99 Å². The highest BCUT2D eigenvalue weighted by Crippen LogP contribution is 2.37. The van der Waals surface area contributed by atoms with Gasteiger partial charge in [0.2, 0.25) is 0 Å². The molecule has 0 saturated heterocycles. The Morgan fingerprint density at radius 1 is 1.15 bits per heavy atom. The molecular weight excluding hydrogens is 652 g/mol. The first-order chi connectivity index (χ1) is 18.7. The molecule has 2 heterocycles. The standard InChI is InChI=1S/C28H26Br2N2O6S/c1-6-10-38-25-18(29)11-16(12-19(25)30)13-22-26(33)32-24(17-8-9-20(35-4)21(14-17)36-5)23(27(34)37-7-2)15(3)31-28(32)39-22/h6,8-9,11-14,24H,1,7,10H2,2-5H3/b22-13-. The molecule has 1 aromatic heterocycles. The van der Waals surface area contributed by atoms with Gasteiger partial charge >= 0.3 is 5.97 Å². The van der Waals surface area contributed by atoms with Gasteiger partial charge in [-0.1, -0.05) is 30.1 Å². The lowest BCUT2D eigenvalue weighted by atomic mass is 9.95. The van der Waals surface area contributed by atoms with E-state index in [0.29, 0.717) is 44.4 Å². The number of hydrogen-bond donors (Lipinski definition) is 0. The number of halogens is 2. The zero-order valence-corrected chi connectivity index (χ0v) is 25.7. The molecule has 0 N–H and O–H groups in total. The molecule has 0 spiro atoms. The summed E-state index contributed by atoms with van der Waals surface area (Å²) >= 11 is 8.33. The van der Waals surface area contributed by atoms with E-state index >= 15 is 0 Å². The highest BCUT2D eigenvalue weighted by molar-refractivity contribution is 9.11. The van der Waals surface area contributed by atoms with Gasteiger partial charge in [0.1, 0.15) is 12.4 Å². The second kappa shape index (κ2) is 12.4. The van der Waals surface area contributed by atoms with E-state index in [2.05, 4.69) is 43.4 Å². The van der Waals surface area contributed by atoms with Crippen molar-refractivity contribution >= 4 is 55.2 Å². The molecule has 2 aromatic carbocycles. The van der Waals surface area contributed by atoms with Gasteiger partial charge < -0.3 is 18.9 Å². The van der Waals surface area contributed by atoms with E-state index in [0.717, 1.165) is 14.5 Å². The van der Waals surface area contributed by atoms with Crippen LogP contribution in [0.1, 0.15) is 31.0 Å². The van der Waals surface area contributed by atoms with E-state index < -0.39 is 12.0 Å². The van der Waals surface area contributed by atoms with Crippen LogP contribution in [0.5, 0.6) is 17.2 Å². The van der Waals surface area contributed by atoms with Crippen LogP contribution in [-0.4, -0.2) is 38.0 Å². The number of thiazole rings is 1. The van der Waals surface area contributed by atoms with Gasteiger partial charge in [0.25, 0.3) is 5.56 Å². The van der Waals surface area contributed by atoms with Crippen LogP contribution in [0.3, 0.4) is 0 Å². The Kier molecular flexibility index (Phi) is 9.14. The summed E-state index contributed by atoms with van der Waals surface area (Å²) in [4.78, 5) is 32.1. The number of aromatic nitrogens is 1. The number of methoxy groups -OCH3 is 2. The number of esters is 1. The molecule has 1 unspecified atom stereocenters. The summed E-state index contributed by atoms with van der Waals surface area (Å²) < 4.78 is 25.4. The Morgan fingerprint density at radius 2 is 1.85 bits per heavy atom. The second-order valence-electron chi connectivity index (χ2n) is 8.33. The average Bonchev–Trinajstić information content (AvgIpc) is 3.21. The molecule has 204 valence electrons. The van der Waals surface area contributed by atoms with Crippen LogP contribution >= 0.6 is 43.2 Å². The monoisotopic (exact) mass is 676 g/mol. The van der Waals surface area contributed by atoms with Gasteiger partial charge in [-0.3, -0.25) is 9.36 Å². The van der Waals surface area contributed by atoms with Crippen LogP contribution in [0.25, 0.3) is 6.08 Å². The Hall–Kier alpha value is -3.15. The fourth-order valence-corrected chi connectivity index (χ4v) is 6.72. The van der Waals surface area contributed by atoms with E-state index in [1.54, 1.807) is 51.3 Å². The van der Waals surface area contributed by atoms with Crippen LogP contribution in [0.4, 0.5) is 0 Å². The molecule has 8 nitrogen and oxygen atoms in total. The van der Waals surface area contributed by atoms with Gasteiger partial charge in [0, 0.05) is 0 Å². The Bertz CT molecular complexity index is 1630. The highest BCUT2D eigenvalue weighted by Gasteiger charge is 2.34. The second-order valence-corrected chi connectivity index (χ2v) is 11.0. The van der Waals surface area contributed by atoms with Gasteiger partial charge in [-0.15, -0.1) is 0 Å². The van der Waals surface area contributed by atoms with Crippen LogP contribution in [0.2, 0.25) is 0 Å². The molecule has 3 aromatic rings. The Balaban J connectivity index is 1.92. The first kappa shape index (κ1) is 28.8. The third-order valence-corrected chi connectivity index (χ3v) is 8.07. The summed E-state index contributed by atoms with van der Waals surface area (Å²) in [5.41, 5.74) is 1.92. The maximum absolute atomic E-state index is 13.9. The van der Waals surface area contributed by atoms with Gasteiger partial charge in [0.05, 0.1) is 51.6 Å². The van der Waals surface area contributed by atoms with Crippen molar-refractivity contribution in [3.63, 3.8) is 0 Å². The first-order valence-electron chi connectivity index (χ1n) is 11.9. The molecule has 0 fully saturated rings. The highest BCUT2D eigenvalue weighted by atomic mass is 79.9. The van der Waals surface area contributed by atoms with Gasteiger partial charge in [0.15, 0.2) is 16.3 Å². The minimum atomic E-state index is -0.768. The zero-order valence-electron chi connectivity index (χ0n) is 21.7. The van der Waals surface area contributed by atoms with Gasteiger partial charge in [-0.2, -0.15) is 0 Å². The van der Waals surface area contributed by atoms with Crippen molar-refractivity contribution in [2.75, 3.05) is 27.4 Å². The van der Waals surface area contributed by atoms with Crippen LogP contribution < -0.4 is 29.1 Å². The number of fused-ring (bicyclic) bond motifs is 1. The Morgan fingerprint density at radius 3 is 2.46 bits per heavy atom. The largest absolute Gasteiger partial charge is 0.493 e. The van der Waals surface area contributed by atoms with Gasteiger partial charge in [-0.05, 0) is 87.2 Å². The quantitative estimate of drug-likeness (QED) is 0.237. The molecule has 0 amide bonds. The minimum Gasteiger partial charge on any atom is -0.493 e. The maximum atomic E-state index is 13.9. The molecule has 11 heteroatoms. The SMILES string of the molecule is C=CCOc1c(Br)cc(/C=c2\sc3n(c2=O)C(c2ccc(OC)c(OC)c2)C(C(=O)OCC)=C(C)N=3)cc1Br. The number of carbonyl (C=O) groups excluding carboxylic acids is 1. The summed E-state index contributed by atoms with van der Waals surface area (Å²) in [6.45, 7) is 7.70. The minimum absolute atomic E-state index is 0.189. The van der Waals surface area contributed by atoms with Crippen molar-refractivity contribution in [3.05, 3.63) is 94.0 Å². The molecule has 1 aliphatic heterocycles. The van der Waals surface area contributed by atoms with Crippen molar-refractivity contribution in [2.45, 2.75) is 19.9 Å². The molecule has 1 atom stereocenters. The molecule has 39 heavy (non-hydrogen) atoms. The van der Waals surface area contributed by atoms with Crippen molar-refractivity contribution < 1.29 is 23.7 Å². The average molecular weight is 678 g/mol. The Labute approximate surface area is 246 Å². The van der Waals surface area contributed by atoms with Crippen LogP contribution in [0, 0.1) is 0 Å². The van der Waals surface area contributed by atoms with E-state index in [4.69, 9.17) is 18.9 Å². The lowest BCUT2D eigenvalue weighted by Crippen LogP contribution is -2.40. The topological polar surface area (TPSA) is 88.3 Å². The van der Waals surface area contributed by atoms with Gasteiger partial charge in [-0.25, -0.2) is 9.79 Å². The number of benzene rings is 2. The fraction of sp³-hybridized carbons (Fsp3) is 0.250. The summed E-state index contributed by atoms with van der Waals surface area (Å²) in [7, 11) is 3.08. The molecule has 0 aliphatic carbocycles. The van der Waals surface area contributed by atoms with Crippen molar-refractivity contribution in [1.82, 2.24) is 4.57 Å². The molecule has 0 radical (unpaired) electrons.